The SMILES string of the molecule is CC1C2CNCC2CN1c1ccn2nccc2n1. The van der Waals surface area contributed by atoms with Crippen LogP contribution in [0.4, 0.5) is 5.82 Å². The molecule has 2 aliphatic rings. The highest BCUT2D eigenvalue weighted by molar-refractivity contribution is 5.49. The van der Waals surface area contributed by atoms with Gasteiger partial charge in [0.25, 0.3) is 0 Å². The predicted octanol–water partition coefficient (Wildman–Crippen LogP) is 0.773. The minimum absolute atomic E-state index is 0.572. The highest BCUT2D eigenvalue weighted by Crippen LogP contribution is 2.34. The van der Waals surface area contributed by atoms with Gasteiger partial charge in [0, 0.05) is 37.9 Å². The molecule has 0 bridgehead atoms. The van der Waals surface area contributed by atoms with Crippen molar-refractivity contribution in [3.8, 4) is 0 Å². The molecule has 3 atom stereocenters. The summed E-state index contributed by atoms with van der Waals surface area (Å²) in [4.78, 5) is 7.15. The third kappa shape index (κ3) is 1.37. The summed E-state index contributed by atoms with van der Waals surface area (Å²) in [5.74, 6) is 2.64. The molecular weight excluding hydrogens is 226 g/mol. The zero-order valence-electron chi connectivity index (χ0n) is 10.5. The van der Waals surface area contributed by atoms with E-state index in [1.54, 1.807) is 6.20 Å². The number of nitrogens with one attached hydrogen (secondary N) is 1. The fraction of sp³-hybridized carbons (Fsp3) is 0.538. The molecule has 2 aliphatic heterocycles. The number of rotatable bonds is 1. The van der Waals surface area contributed by atoms with E-state index >= 15 is 0 Å². The lowest BCUT2D eigenvalue weighted by Gasteiger charge is -2.25. The predicted molar refractivity (Wildman–Crippen MR) is 69.6 cm³/mol. The molecule has 4 heterocycles. The Hall–Kier alpha value is -1.62. The van der Waals surface area contributed by atoms with Gasteiger partial charge in [-0.1, -0.05) is 0 Å². The largest absolute Gasteiger partial charge is 0.353 e. The van der Waals surface area contributed by atoms with Gasteiger partial charge in [-0.2, -0.15) is 5.10 Å². The number of fused-ring (bicyclic) bond motifs is 2. The lowest BCUT2D eigenvalue weighted by molar-refractivity contribution is 0.471. The highest BCUT2D eigenvalue weighted by Gasteiger charge is 2.42. The van der Waals surface area contributed by atoms with Crippen LogP contribution >= 0.6 is 0 Å². The van der Waals surface area contributed by atoms with Crippen molar-refractivity contribution in [2.75, 3.05) is 24.5 Å². The Morgan fingerprint density at radius 3 is 3.17 bits per heavy atom. The molecule has 1 N–H and O–H groups in total. The van der Waals surface area contributed by atoms with Crippen molar-refractivity contribution in [1.29, 1.82) is 0 Å². The first-order valence-corrected chi connectivity index (χ1v) is 6.61. The maximum Gasteiger partial charge on any atom is 0.157 e. The van der Waals surface area contributed by atoms with Gasteiger partial charge >= 0.3 is 0 Å². The van der Waals surface area contributed by atoms with Crippen molar-refractivity contribution in [2.24, 2.45) is 11.8 Å². The third-order valence-corrected chi connectivity index (χ3v) is 4.47. The molecule has 4 rings (SSSR count). The minimum atomic E-state index is 0.572. The second-order valence-corrected chi connectivity index (χ2v) is 5.39. The molecule has 3 unspecified atom stereocenters. The lowest BCUT2D eigenvalue weighted by Crippen LogP contribution is -2.33. The number of aromatic nitrogens is 3. The van der Waals surface area contributed by atoms with E-state index in [-0.39, 0.29) is 0 Å². The van der Waals surface area contributed by atoms with Crippen molar-refractivity contribution in [1.82, 2.24) is 19.9 Å². The third-order valence-electron chi connectivity index (χ3n) is 4.47. The molecule has 2 aromatic heterocycles. The summed E-state index contributed by atoms with van der Waals surface area (Å²) in [5, 5.41) is 7.68. The Bertz CT molecular complexity index is 578. The van der Waals surface area contributed by atoms with Gasteiger partial charge in [-0.15, -0.1) is 0 Å². The Balaban J connectivity index is 1.70. The monoisotopic (exact) mass is 243 g/mol. The standard InChI is InChI=1S/C13H17N5/c1-9-11-7-14-6-10(11)8-17(9)12-3-5-18-13(16-12)2-4-15-18/h2-5,9-11,14H,6-8H2,1H3. The molecular formula is C13H17N5. The second-order valence-electron chi connectivity index (χ2n) is 5.39. The first-order chi connectivity index (χ1) is 8.83. The maximum absolute atomic E-state index is 4.70. The molecule has 2 saturated heterocycles. The second kappa shape index (κ2) is 3.68. The van der Waals surface area contributed by atoms with Crippen molar-refractivity contribution in [3.63, 3.8) is 0 Å². The van der Waals surface area contributed by atoms with E-state index in [1.165, 1.54) is 0 Å². The number of nitrogens with zero attached hydrogens (tertiary/aromatic N) is 4. The van der Waals surface area contributed by atoms with Gasteiger partial charge in [0.05, 0.1) is 6.20 Å². The van der Waals surface area contributed by atoms with Gasteiger partial charge in [-0.3, -0.25) is 0 Å². The number of hydrogen-bond donors (Lipinski definition) is 1. The summed E-state index contributed by atoms with van der Waals surface area (Å²) in [6.07, 6.45) is 3.79. The van der Waals surface area contributed by atoms with Gasteiger partial charge < -0.3 is 10.2 Å². The van der Waals surface area contributed by atoms with Crippen LogP contribution in [0, 0.1) is 11.8 Å². The summed E-state index contributed by atoms with van der Waals surface area (Å²) in [6, 6.07) is 4.60. The molecule has 5 heteroatoms. The summed E-state index contributed by atoms with van der Waals surface area (Å²) in [6.45, 7) is 5.74. The summed E-state index contributed by atoms with van der Waals surface area (Å²) >= 11 is 0. The van der Waals surface area contributed by atoms with E-state index in [1.807, 2.05) is 16.8 Å². The zero-order valence-corrected chi connectivity index (χ0v) is 10.5. The topological polar surface area (TPSA) is 45.5 Å². The smallest absolute Gasteiger partial charge is 0.157 e. The van der Waals surface area contributed by atoms with Crippen molar-refractivity contribution < 1.29 is 0 Å². The van der Waals surface area contributed by atoms with Gasteiger partial charge in [0.15, 0.2) is 5.65 Å². The lowest BCUT2D eigenvalue weighted by atomic mass is 9.95. The van der Waals surface area contributed by atoms with Crippen molar-refractivity contribution in [2.45, 2.75) is 13.0 Å². The van der Waals surface area contributed by atoms with E-state index in [0.717, 1.165) is 42.9 Å². The fourth-order valence-corrected chi connectivity index (χ4v) is 3.43. The molecule has 18 heavy (non-hydrogen) atoms. The van der Waals surface area contributed by atoms with Crippen LogP contribution in [0.25, 0.3) is 5.65 Å². The van der Waals surface area contributed by atoms with Crippen LogP contribution in [0.3, 0.4) is 0 Å². The first kappa shape index (κ1) is 10.3. The molecule has 0 amide bonds. The number of anilines is 1. The molecule has 2 aromatic rings. The van der Waals surface area contributed by atoms with E-state index in [0.29, 0.717) is 6.04 Å². The van der Waals surface area contributed by atoms with Crippen LogP contribution in [0.15, 0.2) is 24.5 Å². The first-order valence-electron chi connectivity index (χ1n) is 6.61. The Kier molecular flexibility index (Phi) is 2.11. The highest BCUT2D eigenvalue weighted by atomic mass is 15.3. The summed E-state index contributed by atoms with van der Waals surface area (Å²) in [5.41, 5.74) is 0.926. The van der Waals surface area contributed by atoms with E-state index < -0.39 is 0 Å². The summed E-state index contributed by atoms with van der Waals surface area (Å²) < 4.78 is 1.81. The van der Waals surface area contributed by atoms with Gasteiger partial charge in [0.1, 0.15) is 5.82 Å². The molecule has 0 spiro atoms. The van der Waals surface area contributed by atoms with Gasteiger partial charge in [0.2, 0.25) is 0 Å². The molecule has 0 aliphatic carbocycles. The molecule has 94 valence electrons. The van der Waals surface area contributed by atoms with Crippen LogP contribution in [0.1, 0.15) is 6.92 Å². The van der Waals surface area contributed by atoms with Crippen LogP contribution in [0.5, 0.6) is 0 Å². The van der Waals surface area contributed by atoms with Crippen LogP contribution in [0.2, 0.25) is 0 Å². The molecule has 5 nitrogen and oxygen atoms in total. The van der Waals surface area contributed by atoms with Gasteiger partial charge in [-0.25, -0.2) is 9.50 Å². The maximum atomic E-state index is 4.70. The van der Waals surface area contributed by atoms with Crippen LogP contribution in [-0.4, -0.2) is 40.3 Å². The van der Waals surface area contributed by atoms with E-state index in [2.05, 4.69) is 28.3 Å². The summed E-state index contributed by atoms with van der Waals surface area (Å²) in [7, 11) is 0. The average molecular weight is 243 g/mol. The zero-order chi connectivity index (χ0) is 12.1. The minimum Gasteiger partial charge on any atom is -0.353 e. The average Bonchev–Trinajstić information content (AvgIpc) is 3.06. The van der Waals surface area contributed by atoms with Crippen LogP contribution in [-0.2, 0) is 0 Å². The Morgan fingerprint density at radius 1 is 1.33 bits per heavy atom. The van der Waals surface area contributed by atoms with Crippen molar-refractivity contribution >= 4 is 11.5 Å². The number of hydrogen-bond acceptors (Lipinski definition) is 4. The van der Waals surface area contributed by atoms with E-state index in [9.17, 15) is 0 Å². The molecule has 2 fully saturated rings. The normalized spacial score (nSPS) is 31.2. The molecule has 0 saturated carbocycles. The Morgan fingerprint density at radius 2 is 2.28 bits per heavy atom. The quantitative estimate of drug-likeness (QED) is 0.803. The molecule has 0 aromatic carbocycles. The Labute approximate surface area is 106 Å². The van der Waals surface area contributed by atoms with Crippen LogP contribution < -0.4 is 10.2 Å². The molecule has 0 radical (unpaired) electrons. The fourth-order valence-electron chi connectivity index (χ4n) is 3.43. The van der Waals surface area contributed by atoms with Gasteiger partial charge in [-0.05, 0) is 24.8 Å². The van der Waals surface area contributed by atoms with Crippen molar-refractivity contribution in [3.05, 3.63) is 24.5 Å². The van der Waals surface area contributed by atoms with E-state index in [4.69, 9.17) is 4.98 Å².